The highest BCUT2D eigenvalue weighted by Crippen LogP contribution is 2.18. The number of hydrogen-bond acceptors (Lipinski definition) is 4. The minimum Gasteiger partial charge on any atom is -0.349 e. The molecule has 39 heavy (non-hydrogen) atoms. The van der Waals surface area contributed by atoms with Gasteiger partial charge >= 0.3 is 0 Å². The van der Waals surface area contributed by atoms with E-state index in [9.17, 15) is 14.4 Å². The molecular weight excluding hydrogens is 488 g/mol. The average Bonchev–Trinajstić information content (AvgIpc) is 2.90. The molecule has 0 aromatic heterocycles. The Morgan fingerprint density at radius 2 is 1.72 bits per heavy atom. The van der Waals surface area contributed by atoms with Crippen molar-refractivity contribution < 1.29 is 14.4 Å². The number of amides is 3. The summed E-state index contributed by atoms with van der Waals surface area (Å²) in [4.78, 5) is 43.8. The first-order valence-corrected chi connectivity index (χ1v) is 14.5. The lowest BCUT2D eigenvalue weighted by molar-refractivity contribution is -0.136. The van der Waals surface area contributed by atoms with Crippen LogP contribution in [0.4, 0.5) is 0 Å². The normalized spacial score (nSPS) is 16.3. The van der Waals surface area contributed by atoms with E-state index in [1.165, 1.54) is 0 Å². The Balaban J connectivity index is 1.73. The fraction of sp³-hybridized carbons (Fsp3) is 0.531. The molecule has 0 bridgehead atoms. The summed E-state index contributed by atoms with van der Waals surface area (Å²) >= 11 is 0. The van der Waals surface area contributed by atoms with Crippen LogP contribution in [-0.2, 0) is 11.3 Å². The summed E-state index contributed by atoms with van der Waals surface area (Å²) in [6.45, 7) is 13.7. The molecule has 3 amide bonds. The molecule has 7 heteroatoms. The quantitative estimate of drug-likeness (QED) is 0.387. The number of nitrogens with zero attached hydrogens (tertiary/aromatic N) is 2. The molecule has 2 aromatic carbocycles. The number of piperazine rings is 1. The van der Waals surface area contributed by atoms with Crippen molar-refractivity contribution in [2.45, 2.75) is 78.9 Å². The molecule has 2 aromatic rings. The zero-order valence-electron chi connectivity index (χ0n) is 24.3. The van der Waals surface area contributed by atoms with E-state index in [2.05, 4.69) is 38.3 Å². The fourth-order valence-electron chi connectivity index (χ4n) is 5.35. The van der Waals surface area contributed by atoms with Gasteiger partial charge in [0.15, 0.2) is 0 Å². The van der Waals surface area contributed by atoms with Crippen LogP contribution in [0.3, 0.4) is 0 Å². The molecule has 212 valence electrons. The lowest BCUT2D eigenvalue weighted by Gasteiger charge is -2.35. The van der Waals surface area contributed by atoms with Gasteiger partial charge in [0.25, 0.3) is 11.8 Å². The van der Waals surface area contributed by atoms with Gasteiger partial charge in [-0.1, -0.05) is 58.0 Å². The van der Waals surface area contributed by atoms with Crippen molar-refractivity contribution in [2.75, 3.05) is 26.2 Å². The number of carbonyl (C=O) groups excluding carboxylic acids is 3. The molecule has 1 heterocycles. The van der Waals surface area contributed by atoms with Gasteiger partial charge in [-0.05, 0) is 67.9 Å². The molecule has 1 aliphatic heterocycles. The van der Waals surface area contributed by atoms with Gasteiger partial charge in [-0.3, -0.25) is 14.4 Å². The molecule has 0 spiro atoms. The van der Waals surface area contributed by atoms with Crippen LogP contribution in [0.2, 0.25) is 0 Å². The molecule has 1 fully saturated rings. The first-order valence-electron chi connectivity index (χ1n) is 14.5. The van der Waals surface area contributed by atoms with Crippen LogP contribution in [0.25, 0.3) is 0 Å². The number of hydrogen-bond donors (Lipinski definition) is 2. The third-order valence-electron chi connectivity index (χ3n) is 7.07. The number of nitrogens with one attached hydrogen (secondary N) is 2. The molecule has 1 saturated heterocycles. The Labute approximate surface area is 234 Å². The first-order chi connectivity index (χ1) is 18.7. The maximum Gasteiger partial charge on any atom is 0.253 e. The lowest BCUT2D eigenvalue weighted by Crippen LogP contribution is -2.56. The van der Waals surface area contributed by atoms with E-state index in [4.69, 9.17) is 0 Å². The molecular formula is C32H46N4O3. The molecule has 2 atom stereocenters. The van der Waals surface area contributed by atoms with Crippen molar-refractivity contribution in [1.82, 2.24) is 20.4 Å². The van der Waals surface area contributed by atoms with Gasteiger partial charge in [-0.2, -0.15) is 0 Å². The zero-order chi connectivity index (χ0) is 28.4. The van der Waals surface area contributed by atoms with Crippen molar-refractivity contribution in [1.29, 1.82) is 0 Å². The third kappa shape index (κ3) is 8.92. The minimum atomic E-state index is -0.349. The molecule has 0 unspecified atom stereocenters. The highest BCUT2D eigenvalue weighted by molar-refractivity contribution is 6.00. The largest absolute Gasteiger partial charge is 0.349 e. The Morgan fingerprint density at radius 3 is 2.36 bits per heavy atom. The summed E-state index contributed by atoms with van der Waals surface area (Å²) in [5.41, 5.74) is 3.01. The summed E-state index contributed by atoms with van der Waals surface area (Å²) in [6, 6.07) is 14.9. The Kier molecular flexibility index (Phi) is 11.5. The van der Waals surface area contributed by atoms with Crippen LogP contribution in [0.15, 0.2) is 48.5 Å². The van der Waals surface area contributed by atoms with E-state index < -0.39 is 0 Å². The summed E-state index contributed by atoms with van der Waals surface area (Å²) in [5.74, 6) is 0.176. The molecule has 2 N–H and O–H groups in total. The van der Waals surface area contributed by atoms with Crippen molar-refractivity contribution in [3.63, 3.8) is 0 Å². The molecule has 3 rings (SSSR count). The second-order valence-electron chi connectivity index (χ2n) is 11.2. The minimum absolute atomic E-state index is 0.0364. The maximum atomic E-state index is 13.5. The highest BCUT2D eigenvalue weighted by Gasteiger charge is 2.31. The second kappa shape index (κ2) is 14.8. The molecule has 0 saturated carbocycles. The Morgan fingerprint density at radius 1 is 1.05 bits per heavy atom. The van der Waals surface area contributed by atoms with Crippen LogP contribution in [-0.4, -0.2) is 65.8 Å². The summed E-state index contributed by atoms with van der Waals surface area (Å²) in [7, 11) is 0. The monoisotopic (exact) mass is 534 g/mol. The lowest BCUT2D eigenvalue weighted by atomic mass is 9.95. The van der Waals surface area contributed by atoms with Crippen LogP contribution >= 0.6 is 0 Å². The van der Waals surface area contributed by atoms with E-state index in [1.807, 2.05) is 59.2 Å². The number of carbonyl (C=O) groups is 3. The zero-order valence-corrected chi connectivity index (χ0v) is 24.3. The SMILES string of the molecule is CCCN(CCC)C(=O)c1cc(C)cc(C(=O)N[C@@H](CC(C)C)C[C@@H]2NCCN(Cc3ccccc3)C2=O)c1. The van der Waals surface area contributed by atoms with Gasteiger partial charge in [0.05, 0.1) is 6.04 Å². The summed E-state index contributed by atoms with van der Waals surface area (Å²) < 4.78 is 0. The summed E-state index contributed by atoms with van der Waals surface area (Å²) in [6.07, 6.45) is 3.05. The van der Waals surface area contributed by atoms with Crippen LogP contribution in [0, 0.1) is 12.8 Å². The number of benzene rings is 2. The van der Waals surface area contributed by atoms with E-state index in [1.54, 1.807) is 6.07 Å². The average molecular weight is 535 g/mol. The van der Waals surface area contributed by atoms with Crippen molar-refractivity contribution >= 4 is 17.7 Å². The number of rotatable bonds is 13. The van der Waals surface area contributed by atoms with E-state index in [0.717, 1.165) is 36.9 Å². The molecule has 0 aliphatic carbocycles. The second-order valence-corrected chi connectivity index (χ2v) is 11.2. The predicted octanol–water partition coefficient (Wildman–Crippen LogP) is 4.79. The van der Waals surface area contributed by atoms with Crippen molar-refractivity contribution in [2.24, 2.45) is 5.92 Å². The van der Waals surface area contributed by atoms with E-state index >= 15 is 0 Å². The number of aryl methyl sites for hydroxylation is 1. The summed E-state index contributed by atoms with van der Waals surface area (Å²) in [5, 5.41) is 6.57. The van der Waals surface area contributed by atoms with Gasteiger partial charge in [0.1, 0.15) is 0 Å². The maximum absolute atomic E-state index is 13.5. The van der Waals surface area contributed by atoms with E-state index in [-0.39, 0.29) is 29.8 Å². The van der Waals surface area contributed by atoms with Gasteiger partial charge in [0.2, 0.25) is 5.91 Å². The van der Waals surface area contributed by atoms with Crippen LogP contribution in [0.1, 0.15) is 85.2 Å². The Hall–Kier alpha value is -3.19. The molecule has 0 radical (unpaired) electrons. The predicted molar refractivity (Wildman–Crippen MR) is 157 cm³/mol. The smallest absolute Gasteiger partial charge is 0.253 e. The molecule has 1 aliphatic rings. The topological polar surface area (TPSA) is 81.8 Å². The van der Waals surface area contributed by atoms with Gasteiger partial charge in [0, 0.05) is 49.9 Å². The van der Waals surface area contributed by atoms with Crippen LogP contribution < -0.4 is 10.6 Å². The third-order valence-corrected chi connectivity index (χ3v) is 7.07. The Bertz CT molecular complexity index is 1100. The van der Waals surface area contributed by atoms with Gasteiger partial charge < -0.3 is 20.4 Å². The van der Waals surface area contributed by atoms with Crippen molar-refractivity contribution in [3.05, 3.63) is 70.8 Å². The van der Waals surface area contributed by atoms with Crippen LogP contribution in [0.5, 0.6) is 0 Å². The van der Waals surface area contributed by atoms with E-state index in [0.29, 0.717) is 49.6 Å². The highest BCUT2D eigenvalue weighted by atomic mass is 16.2. The van der Waals surface area contributed by atoms with Crippen molar-refractivity contribution in [3.8, 4) is 0 Å². The first kappa shape index (κ1) is 30.4. The van der Waals surface area contributed by atoms with Gasteiger partial charge in [-0.15, -0.1) is 0 Å². The molecule has 7 nitrogen and oxygen atoms in total. The van der Waals surface area contributed by atoms with Gasteiger partial charge in [-0.25, -0.2) is 0 Å². The fourth-order valence-corrected chi connectivity index (χ4v) is 5.35. The standard InChI is InChI=1S/C32H46N4O3/c1-6-14-35(15-7-2)31(38)27-19-24(5)18-26(20-27)30(37)34-28(17-23(3)4)21-29-32(39)36(16-13-33-29)22-25-11-9-8-10-12-25/h8-12,18-20,23,28-29,33H,6-7,13-17,21-22H2,1-5H3,(H,34,37)/t28-,29-/m0/s1.